The maximum atomic E-state index is 13.1. The minimum absolute atomic E-state index is 0.0163. The first-order valence-corrected chi connectivity index (χ1v) is 11.3. The van der Waals surface area contributed by atoms with Gasteiger partial charge in [0.25, 0.3) is 5.69 Å². The lowest BCUT2D eigenvalue weighted by Crippen LogP contribution is -2.47. The van der Waals surface area contributed by atoms with Crippen LogP contribution in [-0.2, 0) is 19.6 Å². The van der Waals surface area contributed by atoms with Gasteiger partial charge in [-0.1, -0.05) is 25.1 Å². The van der Waals surface area contributed by atoms with Crippen molar-refractivity contribution in [3.63, 3.8) is 0 Å². The molecule has 0 radical (unpaired) electrons. The Kier molecular flexibility index (Phi) is 7.70. The summed E-state index contributed by atoms with van der Waals surface area (Å²) in [6.45, 7) is 3.40. The van der Waals surface area contributed by atoms with E-state index in [1.165, 1.54) is 30.3 Å². The van der Waals surface area contributed by atoms with E-state index in [4.69, 9.17) is 4.74 Å². The van der Waals surface area contributed by atoms with Gasteiger partial charge >= 0.3 is 5.97 Å². The van der Waals surface area contributed by atoms with Gasteiger partial charge in [0.1, 0.15) is 6.04 Å². The van der Waals surface area contributed by atoms with Crippen molar-refractivity contribution in [2.45, 2.75) is 26.3 Å². The second-order valence-corrected chi connectivity index (χ2v) is 8.37. The Hall–Kier alpha value is -3.47. The minimum atomic E-state index is -3.99. The summed E-state index contributed by atoms with van der Waals surface area (Å²) in [6.07, 6.45) is 0.984. The lowest BCUT2D eigenvalue weighted by Gasteiger charge is -2.30. The minimum Gasteiger partial charge on any atom is -0.462 e. The Balaban J connectivity index is 2.45. The van der Waals surface area contributed by atoms with Gasteiger partial charge in [0.15, 0.2) is 0 Å². The molecule has 166 valence electrons. The molecule has 1 unspecified atom stereocenters. The number of carbonyl (C=O) groups is 2. The molecule has 10 nitrogen and oxygen atoms in total. The van der Waals surface area contributed by atoms with Gasteiger partial charge in [-0.25, -0.2) is 13.2 Å². The lowest BCUT2D eigenvalue weighted by atomic mass is 10.1. The number of esters is 1. The molecule has 2 aromatic rings. The number of nitrogens with one attached hydrogen (secondary N) is 1. The van der Waals surface area contributed by atoms with Crippen molar-refractivity contribution in [3.8, 4) is 0 Å². The van der Waals surface area contributed by atoms with Crippen molar-refractivity contribution in [3.05, 3.63) is 64.2 Å². The summed E-state index contributed by atoms with van der Waals surface area (Å²) in [5, 5.41) is 13.7. The van der Waals surface area contributed by atoms with Gasteiger partial charge in [-0.2, -0.15) is 0 Å². The van der Waals surface area contributed by atoms with Crippen molar-refractivity contribution in [1.29, 1.82) is 0 Å². The predicted molar refractivity (Wildman–Crippen MR) is 116 cm³/mol. The van der Waals surface area contributed by atoms with E-state index in [9.17, 15) is 28.1 Å². The van der Waals surface area contributed by atoms with Gasteiger partial charge in [0.05, 0.1) is 34.7 Å². The smallest absolute Gasteiger partial charge is 0.340 e. The molecule has 0 aromatic heterocycles. The summed E-state index contributed by atoms with van der Waals surface area (Å²) in [5.74, 6) is -1.33. The first-order chi connectivity index (χ1) is 14.6. The average Bonchev–Trinajstić information content (AvgIpc) is 2.71. The molecule has 0 saturated heterocycles. The number of nitro groups is 1. The largest absolute Gasteiger partial charge is 0.462 e. The van der Waals surface area contributed by atoms with Crippen LogP contribution in [0.15, 0.2) is 48.5 Å². The lowest BCUT2D eigenvalue weighted by molar-refractivity contribution is -0.384. The quantitative estimate of drug-likeness (QED) is 0.353. The van der Waals surface area contributed by atoms with Crippen LogP contribution >= 0.6 is 0 Å². The Morgan fingerprint density at radius 2 is 1.84 bits per heavy atom. The fraction of sp³-hybridized carbons (Fsp3) is 0.300. The molecule has 0 bridgehead atoms. The molecule has 2 aromatic carbocycles. The normalized spacial score (nSPS) is 12.0. The zero-order chi connectivity index (χ0) is 23.2. The second kappa shape index (κ2) is 10.0. The van der Waals surface area contributed by atoms with Crippen LogP contribution in [0.5, 0.6) is 0 Å². The third-order valence-corrected chi connectivity index (χ3v) is 5.48. The third kappa shape index (κ3) is 5.79. The SMILES string of the molecule is CCOC(=O)c1ccccc1NC(=O)C(CC)N(c1cccc([N+](=O)[O-])c1)S(C)(=O)=O. The van der Waals surface area contributed by atoms with E-state index < -0.39 is 32.9 Å². The van der Waals surface area contributed by atoms with Crippen LogP contribution in [0.1, 0.15) is 30.6 Å². The fourth-order valence-electron chi connectivity index (χ4n) is 3.00. The molecule has 2 rings (SSSR count). The number of rotatable bonds is 9. The third-order valence-electron chi connectivity index (χ3n) is 4.31. The number of sulfonamides is 1. The van der Waals surface area contributed by atoms with Crippen LogP contribution in [0.4, 0.5) is 17.1 Å². The van der Waals surface area contributed by atoms with Crippen LogP contribution in [0.2, 0.25) is 0 Å². The Morgan fingerprint density at radius 3 is 2.42 bits per heavy atom. The number of anilines is 2. The van der Waals surface area contributed by atoms with Crippen LogP contribution in [0.3, 0.4) is 0 Å². The van der Waals surface area contributed by atoms with Crippen molar-refractivity contribution >= 4 is 39.0 Å². The molecule has 0 aliphatic heterocycles. The summed E-state index contributed by atoms with van der Waals surface area (Å²) in [6, 6.07) is 9.98. The van der Waals surface area contributed by atoms with E-state index in [0.717, 1.165) is 16.6 Å². The predicted octanol–water partition coefficient (Wildman–Crippen LogP) is 2.95. The standard InChI is InChI=1S/C20H23N3O7S/c1-4-18(19(24)21-17-12-7-6-11-16(17)20(25)30-5-2)22(31(3,28)29)14-9-8-10-15(13-14)23(26)27/h6-13,18H,4-5H2,1-3H3,(H,21,24). The summed E-state index contributed by atoms with van der Waals surface area (Å²) in [5.41, 5.74) is -0.0443. The zero-order valence-corrected chi connectivity index (χ0v) is 18.1. The molecule has 0 fully saturated rings. The number of benzene rings is 2. The molecule has 0 saturated carbocycles. The van der Waals surface area contributed by atoms with E-state index in [0.29, 0.717) is 0 Å². The Morgan fingerprint density at radius 1 is 1.16 bits per heavy atom. The highest BCUT2D eigenvalue weighted by Gasteiger charge is 2.33. The second-order valence-electron chi connectivity index (χ2n) is 6.52. The zero-order valence-electron chi connectivity index (χ0n) is 17.3. The van der Waals surface area contributed by atoms with E-state index in [-0.39, 0.29) is 35.7 Å². The summed E-state index contributed by atoms with van der Waals surface area (Å²) in [7, 11) is -3.99. The Labute approximate surface area is 180 Å². The summed E-state index contributed by atoms with van der Waals surface area (Å²) in [4.78, 5) is 35.7. The van der Waals surface area contributed by atoms with Crippen LogP contribution in [0.25, 0.3) is 0 Å². The number of hydrogen-bond acceptors (Lipinski definition) is 7. The maximum absolute atomic E-state index is 13.1. The number of nitro benzene ring substituents is 1. The highest BCUT2D eigenvalue weighted by molar-refractivity contribution is 7.92. The molecule has 0 heterocycles. The highest BCUT2D eigenvalue weighted by Crippen LogP contribution is 2.27. The topological polar surface area (TPSA) is 136 Å². The number of nitrogens with zero attached hydrogens (tertiary/aromatic N) is 2. The molecule has 0 spiro atoms. The average molecular weight is 449 g/mol. The van der Waals surface area contributed by atoms with E-state index >= 15 is 0 Å². The van der Waals surface area contributed by atoms with E-state index in [1.807, 2.05) is 0 Å². The molecule has 0 aliphatic carbocycles. The van der Waals surface area contributed by atoms with Gasteiger partial charge in [-0.15, -0.1) is 0 Å². The molecule has 1 atom stereocenters. The van der Waals surface area contributed by atoms with Gasteiger partial charge < -0.3 is 10.1 Å². The van der Waals surface area contributed by atoms with Gasteiger partial charge in [0, 0.05) is 12.1 Å². The van der Waals surface area contributed by atoms with Gasteiger partial charge in [-0.05, 0) is 31.5 Å². The number of hydrogen-bond donors (Lipinski definition) is 1. The van der Waals surface area contributed by atoms with Crippen LogP contribution < -0.4 is 9.62 Å². The summed E-state index contributed by atoms with van der Waals surface area (Å²) < 4.78 is 30.9. The number of carbonyl (C=O) groups excluding carboxylic acids is 2. The molecule has 1 amide bonds. The van der Waals surface area contributed by atoms with E-state index in [2.05, 4.69) is 5.32 Å². The molecule has 1 N–H and O–H groups in total. The molecular formula is C20H23N3O7S. The first kappa shape index (κ1) is 23.8. The molecular weight excluding hydrogens is 426 g/mol. The highest BCUT2D eigenvalue weighted by atomic mass is 32.2. The monoisotopic (exact) mass is 449 g/mol. The fourth-order valence-corrected chi connectivity index (χ4v) is 4.20. The van der Waals surface area contributed by atoms with Crippen molar-refractivity contribution in [2.24, 2.45) is 0 Å². The first-order valence-electron chi connectivity index (χ1n) is 9.41. The van der Waals surface area contributed by atoms with Gasteiger partial charge in [-0.3, -0.25) is 19.2 Å². The molecule has 31 heavy (non-hydrogen) atoms. The number of para-hydroxylation sites is 1. The van der Waals surface area contributed by atoms with Crippen molar-refractivity contribution in [1.82, 2.24) is 0 Å². The van der Waals surface area contributed by atoms with Crippen LogP contribution in [0, 0.1) is 10.1 Å². The number of ether oxygens (including phenoxy) is 1. The van der Waals surface area contributed by atoms with Crippen LogP contribution in [-0.4, -0.2) is 44.1 Å². The van der Waals surface area contributed by atoms with Gasteiger partial charge in [0.2, 0.25) is 15.9 Å². The number of amides is 1. The van der Waals surface area contributed by atoms with Crippen molar-refractivity contribution in [2.75, 3.05) is 22.5 Å². The molecule has 0 aliphatic rings. The Bertz CT molecular complexity index is 1090. The molecule has 11 heteroatoms. The maximum Gasteiger partial charge on any atom is 0.340 e. The van der Waals surface area contributed by atoms with Crippen molar-refractivity contribution < 1.29 is 27.7 Å². The summed E-state index contributed by atoms with van der Waals surface area (Å²) >= 11 is 0. The number of non-ortho nitro benzene ring substituents is 1. The van der Waals surface area contributed by atoms with E-state index in [1.54, 1.807) is 26.0 Å².